The van der Waals surface area contributed by atoms with Crippen molar-refractivity contribution in [3.05, 3.63) is 0 Å². The molecule has 0 aromatic rings. The van der Waals surface area contributed by atoms with Crippen molar-refractivity contribution in [2.75, 3.05) is 20.1 Å². The van der Waals surface area contributed by atoms with Gasteiger partial charge in [-0.2, -0.15) is 0 Å². The molecule has 90 valence electrons. The molecule has 1 aliphatic heterocycles. The Balaban J connectivity index is 2.92. The molecule has 3 nitrogen and oxygen atoms in total. The molecule has 16 heavy (non-hydrogen) atoms. The van der Waals surface area contributed by atoms with Crippen LogP contribution in [0.1, 0.15) is 27.7 Å². The number of rotatable bonds is 4. The van der Waals surface area contributed by atoms with Crippen LogP contribution in [0.15, 0.2) is 0 Å². The fraction of sp³-hybridized carbons (Fsp3) is 1.00. The molecule has 0 bridgehead atoms. The number of hydrogen-bond acceptors (Lipinski definition) is 3. The molecule has 0 N–H and O–H groups in total. The summed E-state index contributed by atoms with van der Waals surface area (Å²) < 4.78 is 7.76. The highest BCUT2D eigenvalue weighted by Gasteiger charge is 2.45. The van der Waals surface area contributed by atoms with Crippen molar-refractivity contribution in [1.82, 2.24) is 14.2 Å². The third-order valence-electron chi connectivity index (χ3n) is 4.13. The Labute approximate surface area is 103 Å². The van der Waals surface area contributed by atoms with E-state index in [4.69, 9.17) is 0 Å². The van der Waals surface area contributed by atoms with Gasteiger partial charge in [-0.15, -0.1) is 0 Å². The van der Waals surface area contributed by atoms with Gasteiger partial charge in [-0.25, -0.2) is 0 Å². The predicted molar refractivity (Wildman–Crippen MR) is 76.6 cm³/mol. The highest BCUT2D eigenvalue weighted by Crippen LogP contribution is 2.21. The molecule has 0 atom stereocenters. The second-order valence-corrected chi connectivity index (χ2v) is 4.74. The topological polar surface area (TPSA) is 9.72 Å². The molecule has 1 heterocycles. The van der Waals surface area contributed by atoms with Gasteiger partial charge in [0.2, 0.25) is 0 Å². The standard InChI is InChI=1S/C10H26B3N3/c1-7-12-14(6)13(8-2)16(10-4)11(5)15(12)9-3/h7-10H2,1-6H3. The van der Waals surface area contributed by atoms with Crippen molar-refractivity contribution in [2.24, 2.45) is 0 Å². The molecule has 1 aliphatic rings. The van der Waals surface area contributed by atoms with Gasteiger partial charge in [0.05, 0.1) is 0 Å². The molecule has 1 fully saturated rings. The summed E-state index contributed by atoms with van der Waals surface area (Å²) in [5.41, 5.74) is 0. The second-order valence-electron chi connectivity index (χ2n) is 4.74. The molecule has 0 aromatic carbocycles. The molecule has 1 rings (SSSR count). The normalized spacial score (nSPS) is 21.0. The minimum Gasteiger partial charge on any atom is -0.360 e. The van der Waals surface area contributed by atoms with Gasteiger partial charge >= 0.3 is 0 Å². The fourth-order valence-electron chi connectivity index (χ4n) is 3.35. The van der Waals surface area contributed by atoms with Crippen LogP contribution < -0.4 is 0 Å². The van der Waals surface area contributed by atoms with E-state index in [0.29, 0.717) is 20.9 Å². The maximum Gasteiger partial charge on any atom is 0.289 e. The van der Waals surface area contributed by atoms with Gasteiger partial charge in [-0.1, -0.05) is 34.5 Å². The van der Waals surface area contributed by atoms with Gasteiger partial charge in [0, 0.05) is 0 Å². The summed E-state index contributed by atoms with van der Waals surface area (Å²) in [6, 6.07) is 0. The Bertz CT molecular complexity index is 175. The van der Waals surface area contributed by atoms with E-state index in [1.807, 2.05) is 0 Å². The average Bonchev–Trinajstić information content (AvgIpc) is 2.30. The summed E-state index contributed by atoms with van der Waals surface area (Å²) in [5, 5.41) is 0. The zero-order valence-electron chi connectivity index (χ0n) is 11.9. The summed E-state index contributed by atoms with van der Waals surface area (Å²) in [7, 11) is 2.28. The first-order chi connectivity index (χ1) is 7.62. The lowest BCUT2D eigenvalue weighted by Gasteiger charge is -2.52. The van der Waals surface area contributed by atoms with Crippen molar-refractivity contribution in [3.8, 4) is 0 Å². The molecule has 6 heteroatoms. The van der Waals surface area contributed by atoms with Crippen LogP contribution >= 0.6 is 0 Å². The molecule has 1 saturated heterocycles. The van der Waals surface area contributed by atoms with Crippen LogP contribution in [0.5, 0.6) is 0 Å². The molecular formula is C10H26B3N3. The second kappa shape index (κ2) is 6.13. The maximum absolute atomic E-state index is 2.61. The summed E-state index contributed by atoms with van der Waals surface area (Å²) in [6.45, 7) is 15.5. The lowest BCUT2D eigenvalue weighted by molar-refractivity contribution is 0.474. The Morgan fingerprint density at radius 1 is 0.812 bits per heavy atom. The summed E-state index contributed by atoms with van der Waals surface area (Å²) in [6.07, 6.45) is 2.42. The van der Waals surface area contributed by atoms with Crippen LogP contribution in [-0.4, -0.2) is 55.3 Å². The molecule has 0 radical (unpaired) electrons. The SMILES string of the molecule is CCB1N(C)B(CC)N(CC)B(C)N1CC. The van der Waals surface area contributed by atoms with Gasteiger partial charge in [-0.05, 0) is 32.8 Å². The molecule has 0 amide bonds. The Kier molecular flexibility index (Phi) is 5.41. The van der Waals surface area contributed by atoms with Crippen LogP contribution in [0.4, 0.5) is 0 Å². The van der Waals surface area contributed by atoms with Crippen molar-refractivity contribution in [3.63, 3.8) is 0 Å². The van der Waals surface area contributed by atoms with Crippen LogP contribution in [0, 0.1) is 0 Å². The first kappa shape index (κ1) is 14.1. The molecule has 0 saturated carbocycles. The van der Waals surface area contributed by atoms with Crippen LogP contribution in [-0.2, 0) is 0 Å². The predicted octanol–water partition coefficient (Wildman–Crippen LogP) is 1.71. The van der Waals surface area contributed by atoms with E-state index in [-0.39, 0.29) is 0 Å². The minimum atomic E-state index is 0.570. The fourth-order valence-corrected chi connectivity index (χ4v) is 3.35. The van der Waals surface area contributed by atoms with Gasteiger partial charge in [0.1, 0.15) is 0 Å². The average molecular weight is 221 g/mol. The zero-order valence-corrected chi connectivity index (χ0v) is 11.9. The largest absolute Gasteiger partial charge is 0.360 e. The third-order valence-corrected chi connectivity index (χ3v) is 4.13. The van der Waals surface area contributed by atoms with Crippen molar-refractivity contribution >= 4 is 20.9 Å². The van der Waals surface area contributed by atoms with Gasteiger partial charge in [0.25, 0.3) is 20.9 Å². The molecule has 0 aliphatic carbocycles. The first-order valence-corrected chi connectivity index (χ1v) is 6.85. The van der Waals surface area contributed by atoms with Crippen molar-refractivity contribution in [2.45, 2.75) is 47.2 Å². The van der Waals surface area contributed by atoms with E-state index in [1.165, 1.54) is 12.6 Å². The van der Waals surface area contributed by atoms with E-state index in [9.17, 15) is 0 Å². The lowest BCUT2D eigenvalue weighted by atomic mass is 9.42. The summed E-state index contributed by atoms with van der Waals surface area (Å²) >= 11 is 0. The number of nitrogens with zero attached hydrogens (tertiary/aromatic N) is 3. The van der Waals surface area contributed by atoms with Crippen LogP contribution in [0.2, 0.25) is 19.5 Å². The maximum atomic E-state index is 2.61. The van der Waals surface area contributed by atoms with Gasteiger partial charge < -0.3 is 14.2 Å². The van der Waals surface area contributed by atoms with Gasteiger partial charge in [-0.3, -0.25) is 0 Å². The minimum absolute atomic E-state index is 0.570. The van der Waals surface area contributed by atoms with Crippen LogP contribution in [0.3, 0.4) is 0 Å². The van der Waals surface area contributed by atoms with Gasteiger partial charge in [0.15, 0.2) is 0 Å². The van der Waals surface area contributed by atoms with Crippen molar-refractivity contribution < 1.29 is 0 Å². The summed E-state index contributed by atoms with van der Waals surface area (Å²) in [4.78, 5) is 0. The Hall–Kier alpha value is 0.0748. The van der Waals surface area contributed by atoms with E-state index in [1.54, 1.807) is 0 Å². The third kappa shape index (κ3) is 2.34. The molecular weight excluding hydrogens is 195 g/mol. The zero-order chi connectivity index (χ0) is 12.3. The lowest BCUT2D eigenvalue weighted by Crippen LogP contribution is -2.75. The summed E-state index contributed by atoms with van der Waals surface area (Å²) in [5.74, 6) is 0. The van der Waals surface area contributed by atoms with E-state index >= 15 is 0 Å². The highest BCUT2D eigenvalue weighted by atomic mass is 15.3. The van der Waals surface area contributed by atoms with E-state index in [0.717, 1.165) is 13.1 Å². The van der Waals surface area contributed by atoms with Crippen LogP contribution in [0.25, 0.3) is 0 Å². The Morgan fingerprint density at radius 2 is 1.19 bits per heavy atom. The van der Waals surface area contributed by atoms with E-state index in [2.05, 4.69) is 55.7 Å². The quantitative estimate of drug-likeness (QED) is 0.668. The monoisotopic (exact) mass is 221 g/mol. The molecule has 0 spiro atoms. The molecule has 0 unspecified atom stereocenters. The van der Waals surface area contributed by atoms with Crippen molar-refractivity contribution in [1.29, 1.82) is 0 Å². The smallest absolute Gasteiger partial charge is 0.289 e. The van der Waals surface area contributed by atoms with E-state index < -0.39 is 0 Å². The highest BCUT2D eigenvalue weighted by molar-refractivity contribution is 6.85. The molecule has 0 aromatic heterocycles. The first-order valence-electron chi connectivity index (χ1n) is 6.85. The number of hydrogen-bond donors (Lipinski definition) is 0. The Morgan fingerprint density at radius 3 is 1.44 bits per heavy atom.